The number of rotatable bonds is 5. The van der Waals surface area contributed by atoms with Gasteiger partial charge >= 0.3 is 5.97 Å². The summed E-state index contributed by atoms with van der Waals surface area (Å²) in [5, 5.41) is 0. The Morgan fingerprint density at radius 1 is 1.03 bits per heavy atom. The van der Waals surface area contributed by atoms with Crippen LogP contribution < -0.4 is 14.2 Å². The molecule has 0 radical (unpaired) electrons. The number of hydrogen-bond acceptors (Lipinski definition) is 5. The highest BCUT2D eigenvalue weighted by atomic mass is 16.5. The number of fused-ring (bicyclic) bond motifs is 1. The molecule has 0 fully saturated rings. The number of Topliss-reactive ketones (excluding diaryl/α,β-unsaturated/α-hetero) is 1. The molecule has 0 atom stereocenters. The summed E-state index contributed by atoms with van der Waals surface area (Å²) in [6.07, 6.45) is 1.66. The zero-order valence-electron chi connectivity index (χ0n) is 16.7. The van der Waals surface area contributed by atoms with E-state index in [9.17, 15) is 9.59 Å². The van der Waals surface area contributed by atoms with Gasteiger partial charge in [-0.25, -0.2) is 4.79 Å². The van der Waals surface area contributed by atoms with Crippen LogP contribution in [0.15, 0.2) is 72.5 Å². The Bertz CT molecular complexity index is 1160. The molecule has 0 aliphatic carbocycles. The second-order valence-electron chi connectivity index (χ2n) is 6.77. The summed E-state index contributed by atoms with van der Waals surface area (Å²) >= 11 is 0. The van der Waals surface area contributed by atoms with Crippen molar-refractivity contribution in [3.63, 3.8) is 0 Å². The van der Waals surface area contributed by atoms with E-state index in [4.69, 9.17) is 14.2 Å². The van der Waals surface area contributed by atoms with Crippen LogP contribution in [0.5, 0.6) is 17.2 Å². The summed E-state index contributed by atoms with van der Waals surface area (Å²) in [6, 6.07) is 19.4. The van der Waals surface area contributed by atoms with E-state index in [1.54, 1.807) is 36.4 Å². The molecule has 1 heterocycles. The van der Waals surface area contributed by atoms with E-state index >= 15 is 0 Å². The highest BCUT2D eigenvalue weighted by molar-refractivity contribution is 6.14. The topological polar surface area (TPSA) is 61.8 Å². The molecule has 0 aromatic heterocycles. The lowest BCUT2D eigenvalue weighted by Crippen LogP contribution is -2.10. The third-order valence-electron chi connectivity index (χ3n) is 4.72. The van der Waals surface area contributed by atoms with Crippen molar-refractivity contribution in [1.82, 2.24) is 0 Å². The smallest absolute Gasteiger partial charge is 0.343 e. The maximum atomic E-state index is 12.7. The van der Waals surface area contributed by atoms with Gasteiger partial charge in [0, 0.05) is 11.6 Å². The SMILES string of the molecule is CCOc1ccccc1/C=C1\Oc2cc(OC(=O)c3ccccc3C)ccc2C1=O. The van der Waals surface area contributed by atoms with Gasteiger partial charge in [0.1, 0.15) is 17.2 Å². The van der Waals surface area contributed by atoms with Gasteiger partial charge in [-0.05, 0) is 49.8 Å². The highest BCUT2D eigenvalue weighted by Crippen LogP contribution is 2.36. The lowest BCUT2D eigenvalue weighted by atomic mass is 10.1. The predicted octanol–water partition coefficient (Wildman–Crippen LogP) is 5.23. The Balaban J connectivity index is 1.57. The standard InChI is InChI=1S/C25H20O5/c1-3-28-21-11-7-5-9-17(21)14-23-24(26)20-13-12-18(15-22(20)30-23)29-25(27)19-10-6-4-8-16(19)2/h4-15H,3H2,1-2H3/b23-14-. The first-order valence-electron chi connectivity index (χ1n) is 9.64. The van der Waals surface area contributed by atoms with Gasteiger partial charge in [0.2, 0.25) is 5.78 Å². The summed E-state index contributed by atoms with van der Waals surface area (Å²) in [6.45, 7) is 4.26. The van der Waals surface area contributed by atoms with Gasteiger partial charge in [0.05, 0.1) is 17.7 Å². The third-order valence-corrected chi connectivity index (χ3v) is 4.72. The minimum atomic E-state index is -0.459. The quantitative estimate of drug-likeness (QED) is 0.333. The number of ether oxygens (including phenoxy) is 3. The number of carbonyl (C=O) groups excluding carboxylic acids is 2. The maximum Gasteiger partial charge on any atom is 0.343 e. The van der Waals surface area contributed by atoms with E-state index in [2.05, 4.69) is 0 Å². The summed E-state index contributed by atoms with van der Waals surface area (Å²) in [4.78, 5) is 25.2. The van der Waals surface area contributed by atoms with E-state index < -0.39 is 5.97 Å². The zero-order valence-corrected chi connectivity index (χ0v) is 16.7. The Kier molecular flexibility index (Phi) is 5.35. The first-order chi connectivity index (χ1) is 14.6. The average molecular weight is 400 g/mol. The number of carbonyl (C=O) groups is 2. The normalized spacial score (nSPS) is 13.7. The summed E-state index contributed by atoms with van der Waals surface area (Å²) in [7, 11) is 0. The minimum Gasteiger partial charge on any atom is -0.493 e. The number of aryl methyl sites for hydroxylation is 1. The summed E-state index contributed by atoms with van der Waals surface area (Å²) in [5.41, 5.74) is 2.49. The lowest BCUT2D eigenvalue weighted by Gasteiger charge is -2.08. The van der Waals surface area contributed by atoms with Crippen LogP contribution in [0.3, 0.4) is 0 Å². The molecule has 5 heteroatoms. The molecule has 30 heavy (non-hydrogen) atoms. The van der Waals surface area contributed by atoms with Gasteiger partial charge in [0.15, 0.2) is 5.76 Å². The molecule has 3 aromatic carbocycles. The first kappa shape index (κ1) is 19.5. The molecule has 0 unspecified atom stereocenters. The molecule has 0 bridgehead atoms. The van der Waals surface area contributed by atoms with Crippen LogP contribution in [0.4, 0.5) is 0 Å². The Hall–Kier alpha value is -3.86. The molecule has 0 saturated carbocycles. The minimum absolute atomic E-state index is 0.194. The number of hydrogen-bond donors (Lipinski definition) is 0. The molecule has 150 valence electrons. The predicted molar refractivity (Wildman–Crippen MR) is 113 cm³/mol. The molecular weight excluding hydrogens is 380 g/mol. The van der Waals surface area contributed by atoms with E-state index in [1.165, 1.54) is 0 Å². The molecule has 0 N–H and O–H groups in total. The molecule has 3 aromatic rings. The van der Waals surface area contributed by atoms with Crippen LogP contribution in [0.1, 0.15) is 38.8 Å². The summed E-state index contributed by atoms with van der Waals surface area (Å²) in [5.74, 6) is 0.847. The molecule has 0 saturated heterocycles. The molecule has 4 rings (SSSR count). The third kappa shape index (κ3) is 3.82. The Morgan fingerprint density at radius 2 is 1.80 bits per heavy atom. The van der Waals surface area contributed by atoms with Crippen LogP contribution in [-0.2, 0) is 0 Å². The van der Waals surface area contributed by atoms with Crippen molar-refractivity contribution >= 4 is 17.8 Å². The Labute approximate surface area is 174 Å². The fourth-order valence-electron chi connectivity index (χ4n) is 3.22. The highest BCUT2D eigenvalue weighted by Gasteiger charge is 2.28. The molecule has 1 aliphatic heterocycles. The number of benzene rings is 3. The summed E-state index contributed by atoms with van der Waals surface area (Å²) < 4.78 is 16.9. The average Bonchev–Trinajstić information content (AvgIpc) is 3.04. The number of allylic oxidation sites excluding steroid dienone is 1. The van der Waals surface area contributed by atoms with Crippen molar-refractivity contribution in [2.45, 2.75) is 13.8 Å². The van der Waals surface area contributed by atoms with Crippen LogP contribution in [-0.4, -0.2) is 18.4 Å². The van der Waals surface area contributed by atoms with Crippen LogP contribution >= 0.6 is 0 Å². The van der Waals surface area contributed by atoms with Crippen molar-refractivity contribution in [3.05, 3.63) is 94.7 Å². The van der Waals surface area contributed by atoms with Crippen LogP contribution in [0, 0.1) is 6.92 Å². The van der Waals surface area contributed by atoms with Crippen LogP contribution in [0.2, 0.25) is 0 Å². The molecular formula is C25H20O5. The van der Waals surface area contributed by atoms with Crippen molar-refractivity contribution in [2.24, 2.45) is 0 Å². The number of esters is 1. The van der Waals surface area contributed by atoms with Gasteiger partial charge in [-0.2, -0.15) is 0 Å². The molecule has 5 nitrogen and oxygen atoms in total. The van der Waals surface area contributed by atoms with Gasteiger partial charge in [0.25, 0.3) is 0 Å². The van der Waals surface area contributed by atoms with E-state index in [0.29, 0.717) is 35.0 Å². The Morgan fingerprint density at radius 3 is 2.60 bits per heavy atom. The molecule has 0 amide bonds. The van der Waals surface area contributed by atoms with Crippen molar-refractivity contribution in [2.75, 3.05) is 6.61 Å². The second kappa shape index (κ2) is 8.25. The fraction of sp³-hybridized carbons (Fsp3) is 0.120. The fourth-order valence-corrected chi connectivity index (χ4v) is 3.22. The lowest BCUT2D eigenvalue weighted by molar-refractivity contribution is 0.0733. The van der Waals surface area contributed by atoms with Gasteiger partial charge < -0.3 is 14.2 Å². The molecule has 0 spiro atoms. The molecule has 1 aliphatic rings. The zero-order chi connectivity index (χ0) is 21.1. The largest absolute Gasteiger partial charge is 0.493 e. The second-order valence-corrected chi connectivity index (χ2v) is 6.77. The van der Waals surface area contributed by atoms with Crippen molar-refractivity contribution in [3.8, 4) is 17.2 Å². The maximum absolute atomic E-state index is 12.7. The van der Waals surface area contributed by atoms with Gasteiger partial charge in [-0.3, -0.25) is 4.79 Å². The van der Waals surface area contributed by atoms with E-state index in [0.717, 1.165) is 11.1 Å². The van der Waals surface area contributed by atoms with Crippen molar-refractivity contribution in [1.29, 1.82) is 0 Å². The monoisotopic (exact) mass is 400 g/mol. The van der Waals surface area contributed by atoms with Crippen LogP contribution in [0.25, 0.3) is 6.08 Å². The van der Waals surface area contributed by atoms with Crippen molar-refractivity contribution < 1.29 is 23.8 Å². The van der Waals surface area contributed by atoms with E-state index in [1.807, 2.05) is 50.2 Å². The first-order valence-corrected chi connectivity index (χ1v) is 9.64. The van der Waals surface area contributed by atoms with Gasteiger partial charge in [-0.15, -0.1) is 0 Å². The van der Waals surface area contributed by atoms with E-state index in [-0.39, 0.29) is 11.5 Å². The number of ketones is 1. The van der Waals surface area contributed by atoms with Gasteiger partial charge in [-0.1, -0.05) is 36.4 Å². The number of para-hydroxylation sites is 1.